The lowest BCUT2D eigenvalue weighted by Gasteiger charge is -2.18. The van der Waals surface area contributed by atoms with E-state index in [1.807, 2.05) is 13.8 Å². The van der Waals surface area contributed by atoms with Gasteiger partial charge in [-0.1, -0.05) is 26.5 Å². The molecule has 0 saturated heterocycles. The topological polar surface area (TPSA) is 94.8 Å². The van der Waals surface area contributed by atoms with E-state index in [2.05, 4.69) is 11.6 Å². The summed E-state index contributed by atoms with van der Waals surface area (Å²) >= 11 is 0. The molecular weight excluding hydrogens is 286 g/mol. The van der Waals surface area contributed by atoms with Crippen LogP contribution >= 0.6 is 0 Å². The standard InChI is InChI=1S/C13H17N3O4.C2H6/c1-4-19-13(18)16(3)11-10(6-5-7-15-11)8-20-12(17)9(2)14;1-2/h5-7H,2,4,8,14H2,1,3H3;1-2H3. The Labute approximate surface area is 130 Å². The van der Waals surface area contributed by atoms with Gasteiger partial charge in [0.05, 0.1) is 6.61 Å². The van der Waals surface area contributed by atoms with Crippen LogP contribution in [-0.4, -0.2) is 30.7 Å². The number of esters is 1. The van der Waals surface area contributed by atoms with E-state index in [4.69, 9.17) is 15.2 Å². The normalized spacial score (nSPS) is 9.09. The van der Waals surface area contributed by atoms with E-state index < -0.39 is 12.1 Å². The molecule has 1 rings (SSSR count). The van der Waals surface area contributed by atoms with Crippen molar-refractivity contribution in [2.24, 2.45) is 5.73 Å². The van der Waals surface area contributed by atoms with Gasteiger partial charge in [0.15, 0.2) is 0 Å². The third-order valence-corrected chi connectivity index (χ3v) is 2.35. The largest absolute Gasteiger partial charge is 0.456 e. The van der Waals surface area contributed by atoms with E-state index in [-0.39, 0.29) is 18.9 Å². The lowest BCUT2D eigenvalue weighted by molar-refractivity contribution is -0.140. The van der Waals surface area contributed by atoms with Crippen LogP contribution < -0.4 is 10.6 Å². The Morgan fingerprint density at radius 3 is 2.55 bits per heavy atom. The summed E-state index contributed by atoms with van der Waals surface area (Å²) in [4.78, 5) is 28.3. The molecule has 1 amide bonds. The average Bonchev–Trinajstić information content (AvgIpc) is 2.54. The van der Waals surface area contributed by atoms with Gasteiger partial charge in [0.25, 0.3) is 0 Å². The molecule has 1 aromatic heterocycles. The third-order valence-electron chi connectivity index (χ3n) is 2.35. The molecule has 0 fully saturated rings. The van der Waals surface area contributed by atoms with Crippen molar-refractivity contribution in [3.05, 3.63) is 36.2 Å². The Bertz CT molecular complexity index is 517. The van der Waals surface area contributed by atoms with Gasteiger partial charge in [0.2, 0.25) is 0 Å². The fraction of sp³-hybridized carbons (Fsp3) is 0.400. The van der Waals surface area contributed by atoms with Crippen LogP contribution in [0.25, 0.3) is 0 Å². The molecule has 0 aliphatic rings. The Kier molecular flexibility index (Phi) is 9.01. The van der Waals surface area contributed by atoms with Crippen LogP contribution in [0.2, 0.25) is 0 Å². The third kappa shape index (κ3) is 5.82. The van der Waals surface area contributed by atoms with Crippen molar-refractivity contribution in [2.45, 2.75) is 27.4 Å². The van der Waals surface area contributed by atoms with E-state index in [0.29, 0.717) is 11.4 Å². The number of nitrogens with two attached hydrogens (primary N) is 1. The molecule has 7 nitrogen and oxygen atoms in total. The van der Waals surface area contributed by atoms with Crippen molar-refractivity contribution in [1.82, 2.24) is 4.98 Å². The van der Waals surface area contributed by atoms with Crippen molar-refractivity contribution in [3.63, 3.8) is 0 Å². The first kappa shape index (κ1) is 19.4. The number of carbonyl (C=O) groups excluding carboxylic acids is 2. The van der Waals surface area contributed by atoms with Gasteiger partial charge in [-0.25, -0.2) is 14.6 Å². The lowest BCUT2D eigenvalue weighted by Crippen LogP contribution is -2.29. The Balaban J connectivity index is 0.00000211. The fourth-order valence-corrected chi connectivity index (χ4v) is 1.39. The molecule has 0 bridgehead atoms. The molecule has 1 heterocycles. The monoisotopic (exact) mass is 309 g/mol. The minimum Gasteiger partial charge on any atom is -0.456 e. The summed E-state index contributed by atoms with van der Waals surface area (Å²) < 4.78 is 9.82. The van der Waals surface area contributed by atoms with Crippen molar-refractivity contribution in [1.29, 1.82) is 0 Å². The molecule has 0 aliphatic carbocycles. The van der Waals surface area contributed by atoms with Gasteiger partial charge in [-0.15, -0.1) is 0 Å². The predicted molar refractivity (Wildman–Crippen MR) is 84.1 cm³/mol. The maximum absolute atomic E-state index is 11.7. The number of nitrogens with zero attached hydrogens (tertiary/aromatic N) is 2. The van der Waals surface area contributed by atoms with E-state index in [1.54, 1.807) is 19.1 Å². The maximum Gasteiger partial charge on any atom is 0.415 e. The Hall–Kier alpha value is -2.57. The summed E-state index contributed by atoms with van der Waals surface area (Å²) in [5.41, 5.74) is 5.58. The molecule has 2 N–H and O–H groups in total. The molecule has 1 aromatic rings. The van der Waals surface area contributed by atoms with E-state index in [1.165, 1.54) is 18.1 Å². The molecule has 22 heavy (non-hydrogen) atoms. The fourth-order valence-electron chi connectivity index (χ4n) is 1.39. The van der Waals surface area contributed by atoms with Gasteiger partial charge in [0.1, 0.15) is 18.1 Å². The second kappa shape index (κ2) is 10.2. The SMILES string of the molecule is C=C(N)C(=O)OCc1cccnc1N(C)C(=O)OCC.CC. The number of hydrogen-bond donors (Lipinski definition) is 1. The summed E-state index contributed by atoms with van der Waals surface area (Å²) in [7, 11) is 1.52. The van der Waals surface area contributed by atoms with E-state index in [9.17, 15) is 9.59 Å². The van der Waals surface area contributed by atoms with Gasteiger partial charge in [-0.3, -0.25) is 4.90 Å². The highest BCUT2D eigenvalue weighted by atomic mass is 16.6. The highest BCUT2D eigenvalue weighted by molar-refractivity contribution is 5.87. The van der Waals surface area contributed by atoms with Crippen molar-refractivity contribution < 1.29 is 19.1 Å². The van der Waals surface area contributed by atoms with Crippen LogP contribution in [0.15, 0.2) is 30.6 Å². The van der Waals surface area contributed by atoms with E-state index >= 15 is 0 Å². The number of aromatic nitrogens is 1. The van der Waals surface area contributed by atoms with Gasteiger partial charge < -0.3 is 15.2 Å². The molecule has 0 saturated carbocycles. The first-order valence-electron chi connectivity index (χ1n) is 6.93. The molecular formula is C15H23N3O4. The number of amides is 1. The lowest BCUT2D eigenvalue weighted by atomic mass is 10.2. The molecule has 122 valence electrons. The summed E-state index contributed by atoms with van der Waals surface area (Å²) in [6, 6.07) is 3.35. The molecule has 7 heteroatoms. The minimum absolute atomic E-state index is 0.0675. The number of hydrogen-bond acceptors (Lipinski definition) is 6. The van der Waals surface area contributed by atoms with Crippen LogP contribution in [0.1, 0.15) is 26.3 Å². The zero-order valence-electron chi connectivity index (χ0n) is 13.5. The van der Waals surface area contributed by atoms with Gasteiger partial charge >= 0.3 is 12.1 Å². The molecule has 0 radical (unpaired) electrons. The van der Waals surface area contributed by atoms with Crippen molar-refractivity contribution in [3.8, 4) is 0 Å². The highest BCUT2D eigenvalue weighted by Gasteiger charge is 2.17. The first-order chi connectivity index (χ1) is 10.5. The second-order valence-electron chi connectivity index (χ2n) is 3.85. The molecule has 0 aliphatic heterocycles. The van der Waals surface area contributed by atoms with Crippen LogP contribution in [-0.2, 0) is 20.9 Å². The quantitative estimate of drug-likeness (QED) is 0.662. The number of carbonyl (C=O) groups is 2. The molecule has 0 unspecified atom stereocenters. The first-order valence-corrected chi connectivity index (χ1v) is 6.93. The summed E-state index contributed by atoms with van der Waals surface area (Å²) in [5.74, 6) is -0.361. The number of anilines is 1. The number of pyridine rings is 1. The average molecular weight is 309 g/mol. The van der Waals surface area contributed by atoms with Crippen molar-refractivity contribution >= 4 is 17.9 Å². The van der Waals surface area contributed by atoms with Gasteiger partial charge in [0, 0.05) is 18.8 Å². The summed E-state index contributed by atoms with van der Waals surface area (Å²) in [6.45, 7) is 9.18. The smallest absolute Gasteiger partial charge is 0.415 e. The summed E-state index contributed by atoms with van der Waals surface area (Å²) in [5, 5.41) is 0. The van der Waals surface area contributed by atoms with Gasteiger partial charge in [-0.2, -0.15) is 0 Å². The number of ether oxygens (including phenoxy) is 2. The van der Waals surface area contributed by atoms with Crippen LogP contribution in [0.4, 0.5) is 10.6 Å². The van der Waals surface area contributed by atoms with Crippen molar-refractivity contribution in [2.75, 3.05) is 18.6 Å². The number of rotatable bonds is 5. The van der Waals surface area contributed by atoms with Crippen LogP contribution in [0.3, 0.4) is 0 Å². The Morgan fingerprint density at radius 1 is 1.36 bits per heavy atom. The molecule has 0 spiro atoms. The zero-order chi connectivity index (χ0) is 17.1. The second-order valence-corrected chi connectivity index (χ2v) is 3.85. The summed E-state index contributed by atoms with van der Waals surface area (Å²) in [6.07, 6.45) is 0.986. The van der Waals surface area contributed by atoms with E-state index in [0.717, 1.165) is 0 Å². The van der Waals surface area contributed by atoms with Crippen LogP contribution in [0.5, 0.6) is 0 Å². The van der Waals surface area contributed by atoms with Crippen LogP contribution in [0, 0.1) is 0 Å². The highest BCUT2D eigenvalue weighted by Crippen LogP contribution is 2.17. The predicted octanol–water partition coefficient (Wildman–Crippen LogP) is 2.22. The zero-order valence-corrected chi connectivity index (χ0v) is 13.5. The van der Waals surface area contributed by atoms with Gasteiger partial charge in [-0.05, 0) is 13.0 Å². The minimum atomic E-state index is -0.710. The maximum atomic E-state index is 11.7. The Morgan fingerprint density at radius 2 is 2.00 bits per heavy atom. The molecule has 0 atom stereocenters. The molecule has 0 aromatic carbocycles.